The van der Waals surface area contributed by atoms with Crippen molar-refractivity contribution in [1.29, 1.82) is 0 Å². The van der Waals surface area contributed by atoms with Gasteiger partial charge in [-0.15, -0.1) is 0 Å². The van der Waals surface area contributed by atoms with Crippen LogP contribution in [-0.2, 0) is 4.79 Å². The van der Waals surface area contributed by atoms with Crippen LogP contribution in [0.15, 0.2) is 18.2 Å². The molecule has 3 N–H and O–H groups in total. The molecule has 1 atom stereocenters. The van der Waals surface area contributed by atoms with Crippen molar-refractivity contribution < 1.29 is 4.79 Å². The van der Waals surface area contributed by atoms with Crippen molar-refractivity contribution in [3.05, 3.63) is 23.2 Å². The van der Waals surface area contributed by atoms with Gasteiger partial charge in [0.25, 0.3) is 0 Å². The summed E-state index contributed by atoms with van der Waals surface area (Å²) in [6, 6.07) is 4.91. The van der Waals surface area contributed by atoms with Gasteiger partial charge in [0.2, 0.25) is 5.91 Å². The first-order chi connectivity index (χ1) is 7.95. The van der Waals surface area contributed by atoms with Crippen LogP contribution in [0.3, 0.4) is 0 Å². The maximum absolute atomic E-state index is 12.0. The topological polar surface area (TPSA) is 58.4 Å². The highest BCUT2D eigenvalue weighted by molar-refractivity contribution is 6.33. The smallest absolute Gasteiger partial charge is 0.241 e. The van der Waals surface area contributed by atoms with Gasteiger partial charge in [-0.25, -0.2) is 0 Å². The molecule has 1 aromatic carbocycles. The zero-order valence-electron chi connectivity index (χ0n) is 10.3. The van der Waals surface area contributed by atoms with E-state index in [-0.39, 0.29) is 11.9 Å². The minimum Gasteiger partial charge on any atom is -0.397 e. The summed E-state index contributed by atoms with van der Waals surface area (Å²) in [5, 5.41) is 3.31. The van der Waals surface area contributed by atoms with Gasteiger partial charge < -0.3 is 11.1 Å². The Morgan fingerprint density at radius 3 is 2.65 bits per heavy atom. The van der Waals surface area contributed by atoms with Crippen LogP contribution in [0.4, 0.5) is 11.4 Å². The molecule has 0 radical (unpaired) electrons. The normalized spacial score (nSPS) is 12.5. The maximum Gasteiger partial charge on any atom is 0.241 e. The van der Waals surface area contributed by atoms with Crippen molar-refractivity contribution in [2.24, 2.45) is 0 Å². The highest BCUT2D eigenvalue weighted by Crippen LogP contribution is 2.22. The summed E-state index contributed by atoms with van der Waals surface area (Å²) < 4.78 is 0. The summed E-state index contributed by atoms with van der Waals surface area (Å²) >= 11 is 5.81. The Kier molecular flexibility index (Phi) is 4.78. The lowest BCUT2D eigenvalue weighted by Crippen LogP contribution is -2.39. The van der Waals surface area contributed by atoms with Crippen molar-refractivity contribution in [2.45, 2.75) is 19.4 Å². The van der Waals surface area contributed by atoms with E-state index in [0.29, 0.717) is 16.4 Å². The third-order valence-corrected chi connectivity index (χ3v) is 2.92. The number of carbonyl (C=O) groups excluding carboxylic acids is 1. The molecule has 1 amide bonds. The van der Waals surface area contributed by atoms with E-state index in [1.54, 1.807) is 18.2 Å². The molecule has 1 aromatic rings. The average molecular weight is 256 g/mol. The molecule has 5 heteroatoms. The molecule has 0 aromatic heterocycles. The molecule has 0 aliphatic rings. The molecule has 94 valence electrons. The molecule has 1 unspecified atom stereocenters. The van der Waals surface area contributed by atoms with Crippen molar-refractivity contribution in [3.63, 3.8) is 0 Å². The molecule has 0 aliphatic heterocycles. The maximum atomic E-state index is 12.0. The Labute approximate surface area is 107 Å². The lowest BCUT2D eigenvalue weighted by molar-refractivity contribution is -0.120. The van der Waals surface area contributed by atoms with Crippen molar-refractivity contribution in [3.8, 4) is 0 Å². The number of halogens is 1. The number of nitrogen functional groups attached to an aromatic ring is 1. The van der Waals surface area contributed by atoms with E-state index < -0.39 is 0 Å². The van der Waals surface area contributed by atoms with E-state index in [1.165, 1.54) is 0 Å². The fourth-order valence-corrected chi connectivity index (χ4v) is 1.75. The molecule has 1 rings (SSSR count). The first kappa shape index (κ1) is 13.8. The Balaban J connectivity index is 2.77. The van der Waals surface area contributed by atoms with Crippen LogP contribution in [0.2, 0.25) is 5.02 Å². The van der Waals surface area contributed by atoms with Crippen LogP contribution in [0.5, 0.6) is 0 Å². The van der Waals surface area contributed by atoms with E-state index >= 15 is 0 Å². The van der Waals surface area contributed by atoms with Crippen LogP contribution in [0.25, 0.3) is 0 Å². The predicted molar refractivity (Wildman–Crippen MR) is 72.3 cm³/mol. The van der Waals surface area contributed by atoms with Gasteiger partial charge in [0.15, 0.2) is 0 Å². The molecule has 0 heterocycles. The molecule has 0 spiro atoms. The van der Waals surface area contributed by atoms with Crippen molar-refractivity contribution in [1.82, 2.24) is 4.90 Å². The number of likely N-dealkylation sites (N-methyl/N-ethyl adjacent to an activating group) is 1. The van der Waals surface area contributed by atoms with Crippen LogP contribution in [0, 0.1) is 0 Å². The van der Waals surface area contributed by atoms with Gasteiger partial charge >= 0.3 is 0 Å². The molecule has 0 saturated heterocycles. The number of carbonyl (C=O) groups is 1. The number of amides is 1. The fraction of sp³-hybridized carbons (Fsp3) is 0.417. The van der Waals surface area contributed by atoms with Gasteiger partial charge in [0, 0.05) is 5.69 Å². The zero-order chi connectivity index (χ0) is 13.0. The number of benzene rings is 1. The molecule has 0 fully saturated rings. The van der Waals surface area contributed by atoms with E-state index in [2.05, 4.69) is 5.32 Å². The minimum absolute atomic E-state index is 0.0424. The van der Waals surface area contributed by atoms with Crippen LogP contribution in [-0.4, -0.2) is 30.9 Å². The summed E-state index contributed by atoms with van der Waals surface area (Å²) in [6.45, 7) is 1.97. The quantitative estimate of drug-likeness (QED) is 0.811. The number of hydrogen-bond donors (Lipinski definition) is 2. The second kappa shape index (κ2) is 5.89. The van der Waals surface area contributed by atoms with E-state index in [1.807, 2.05) is 25.9 Å². The third kappa shape index (κ3) is 3.61. The number of hydrogen-bond acceptors (Lipinski definition) is 3. The second-order valence-electron chi connectivity index (χ2n) is 4.11. The summed E-state index contributed by atoms with van der Waals surface area (Å²) in [5.74, 6) is -0.0424. The van der Waals surface area contributed by atoms with Crippen LogP contribution >= 0.6 is 11.6 Å². The minimum atomic E-state index is -0.146. The number of rotatable bonds is 4. The Morgan fingerprint density at radius 2 is 2.18 bits per heavy atom. The largest absolute Gasteiger partial charge is 0.397 e. The number of nitrogens with zero attached hydrogens (tertiary/aromatic N) is 1. The van der Waals surface area contributed by atoms with E-state index in [4.69, 9.17) is 17.3 Å². The molecule has 0 bridgehead atoms. The molecule has 4 nitrogen and oxygen atoms in total. The van der Waals surface area contributed by atoms with E-state index in [0.717, 1.165) is 6.42 Å². The monoisotopic (exact) mass is 255 g/mol. The lowest BCUT2D eigenvalue weighted by atomic mass is 10.2. The van der Waals surface area contributed by atoms with Gasteiger partial charge in [-0.05, 0) is 38.7 Å². The predicted octanol–water partition coefficient (Wildman–Crippen LogP) is 2.20. The molecule has 0 aliphatic carbocycles. The Bertz CT molecular complexity index is 407. The standard InChI is InChI=1S/C12H18ClN3O/c1-4-11(16(2)3)12(17)15-8-5-6-9(13)10(14)7-8/h5-7,11H,4,14H2,1-3H3,(H,15,17). The highest BCUT2D eigenvalue weighted by atomic mass is 35.5. The summed E-state index contributed by atoms with van der Waals surface area (Å²) in [4.78, 5) is 13.8. The van der Waals surface area contributed by atoms with Crippen LogP contribution in [0.1, 0.15) is 13.3 Å². The zero-order valence-corrected chi connectivity index (χ0v) is 11.1. The Morgan fingerprint density at radius 1 is 1.53 bits per heavy atom. The Hall–Kier alpha value is -1.26. The first-order valence-electron chi connectivity index (χ1n) is 5.48. The second-order valence-corrected chi connectivity index (χ2v) is 4.52. The molecule has 17 heavy (non-hydrogen) atoms. The first-order valence-corrected chi connectivity index (χ1v) is 5.85. The lowest BCUT2D eigenvalue weighted by Gasteiger charge is -2.21. The fourth-order valence-electron chi connectivity index (χ4n) is 1.63. The summed E-state index contributed by atoms with van der Waals surface area (Å²) in [6.07, 6.45) is 0.752. The van der Waals surface area contributed by atoms with Crippen molar-refractivity contribution in [2.75, 3.05) is 25.1 Å². The molecule has 0 saturated carbocycles. The number of nitrogens with two attached hydrogens (primary N) is 1. The number of nitrogens with one attached hydrogen (secondary N) is 1. The van der Waals surface area contributed by atoms with Crippen LogP contribution < -0.4 is 11.1 Å². The van der Waals surface area contributed by atoms with Gasteiger partial charge in [0.1, 0.15) is 0 Å². The van der Waals surface area contributed by atoms with Gasteiger partial charge in [-0.3, -0.25) is 9.69 Å². The summed E-state index contributed by atoms with van der Waals surface area (Å²) in [7, 11) is 3.76. The molecular weight excluding hydrogens is 238 g/mol. The van der Waals surface area contributed by atoms with E-state index in [9.17, 15) is 4.79 Å². The van der Waals surface area contributed by atoms with Gasteiger partial charge in [-0.2, -0.15) is 0 Å². The SMILES string of the molecule is CCC(C(=O)Nc1ccc(Cl)c(N)c1)N(C)C. The number of anilines is 2. The van der Waals surface area contributed by atoms with Gasteiger partial charge in [0.05, 0.1) is 16.8 Å². The molecular formula is C12H18ClN3O. The highest BCUT2D eigenvalue weighted by Gasteiger charge is 2.18. The summed E-state index contributed by atoms with van der Waals surface area (Å²) in [5.41, 5.74) is 6.80. The van der Waals surface area contributed by atoms with Crippen molar-refractivity contribution >= 4 is 28.9 Å². The third-order valence-electron chi connectivity index (χ3n) is 2.58. The van der Waals surface area contributed by atoms with Gasteiger partial charge in [-0.1, -0.05) is 18.5 Å². The average Bonchev–Trinajstić information content (AvgIpc) is 2.24.